The molecule has 10 heteroatoms. The van der Waals surface area contributed by atoms with Crippen LogP contribution in [0.5, 0.6) is 0 Å². The number of hydrogen-bond acceptors (Lipinski definition) is 7. The summed E-state index contributed by atoms with van der Waals surface area (Å²) in [7, 11) is 3.14. The maximum Gasteiger partial charge on any atom is 0.270 e. The molecule has 0 atom stereocenters. The van der Waals surface area contributed by atoms with Gasteiger partial charge in [-0.25, -0.2) is 0 Å². The summed E-state index contributed by atoms with van der Waals surface area (Å²) in [6.07, 6.45) is 1.68. The van der Waals surface area contributed by atoms with Crippen molar-refractivity contribution in [2.45, 2.75) is 13.5 Å². The Morgan fingerprint density at radius 1 is 1.34 bits per heavy atom. The number of amides is 1. The van der Waals surface area contributed by atoms with Crippen LogP contribution in [-0.2, 0) is 23.1 Å². The van der Waals surface area contributed by atoms with Gasteiger partial charge in [0.1, 0.15) is 21.8 Å². The lowest BCUT2D eigenvalue weighted by atomic mass is 10.0. The van der Waals surface area contributed by atoms with Crippen molar-refractivity contribution in [1.82, 2.24) is 9.47 Å². The zero-order valence-electron chi connectivity index (χ0n) is 17.8. The Labute approximate surface area is 200 Å². The van der Waals surface area contributed by atoms with Gasteiger partial charge in [-0.1, -0.05) is 53.8 Å². The number of methoxy groups -OCH3 is 1. The van der Waals surface area contributed by atoms with E-state index in [-0.39, 0.29) is 11.5 Å². The van der Waals surface area contributed by atoms with Gasteiger partial charge in [0, 0.05) is 31.3 Å². The Balaban J connectivity index is 2.07. The fourth-order valence-electron chi connectivity index (χ4n) is 3.27. The predicted octanol–water partition coefficient (Wildman–Crippen LogP) is 3.68. The number of pyridine rings is 1. The van der Waals surface area contributed by atoms with Gasteiger partial charge in [0.25, 0.3) is 11.5 Å². The smallest absolute Gasteiger partial charge is 0.270 e. The summed E-state index contributed by atoms with van der Waals surface area (Å²) in [5.74, 6) is 0.245. The molecule has 1 saturated heterocycles. The fourth-order valence-corrected chi connectivity index (χ4v) is 4.76. The van der Waals surface area contributed by atoms with Gasteiger partial charge in [-0.15, -0.1) is 0 Å². The van der Waals surface area contributed by atoms with E-state index in [9.17, 15) is 14.9 Å². The van der Waals surface area contributed by atoms with Crippen molar-refractivity contribution in [1.29, 1.82) is 5.26 Å². The number of nitrogens with zero attached hydrogens (tertiary/aromatic N) is 3. The van der Waals surface area contributed by atoms with Crippen molar-refractivity contribution in [2.24, 2.45) is 7.05 Å². The van der Waals surface area contributed by atoms with Gasteiger partial charge in [-0.05, 0) is 30.2 Å². The summed E-state index contributed by atoms with van der Waals surface area (Å²) < 4.78 is 6.87. The van der Waals surface area contributed by atoms with E-state index in [0.717, 1.165) is 5.56 Å². The number of hydrogen-bond donors (Lipinski definition) is 1. The van der Waals surface area contributed by atoms with Gasteiger partial charge >= 0.3 is 0 Å². The third-order valence-electron chi connectivity index (χ3n) is 5.07. The molecule has 1 N–H and O–H groups in total. The molecular formula is C22H21ClN4O3S2. The first-order valence-corrected chi connectivity index (χ1v) is 11.3. The minimum Gasteiger partial charge on any atom is -0.383 e. The number of benzene rings is 1. The van der Waals surface area contributed by atoms with Crippen LogP contribution in [0.2, 0.25) is 5.02 Å². The number of nitriles is 1. The molecule has 7 nitrogen and oxygen atoms in total. The standard InChI is InChI=1S/C22H21ClN4O3S2/c1-13-15(10-18-21(29)27(8-9-30-3)22(31)32-18)19(26(2)20(28)16(13)11-24)25-12-14-6-4-5-7-17(14)23/h4-7,10,25H,8-9,12H2,1-3H3/b18-10+. The molecule has 0 bridgehead atoms. The summed E-state index contributed by atoms with van der Waals surface area (Å²) in [6, 6.07) is 9.36. The van der Waals surface area contributed by atoms with Crippen LogP contribution in [0.15, 0.2) is 34.0 Å². The molecule has 1 aliphatic rings. The summed E-state index contributed by atoms with van der Waals surface area (Å²) >= 11 is 12.8. The van der Waals surface area contributed by atoms with Crippen LogP contribution in [0.3, 0.4) is 0 Å². The Hall–Kier alpha value is -2.64. The number of aromatic nitrogens is 1. The molecule has 0 unspecified atom stereocenters. The van der Waals surface area contributed by atoms with E-state index < -0.39 is 5.56 Å². The van der Waals surface area contributed by atoms with Crippen LogP contribution in [0, 0.1) is 18.3 Å². The van der Waals surface area contributed by atoms with Gasteiger partial charge in [0.05, 0.1) is 18.1 Å². The van der Waals surface area contributed by atoms with E-state index in [1.807, 2.05) is 24.3 Å². The average Bonchev–Trinajstić information content (AvgIpc) is 3.04. The molecular weight excluding hydrogens is 468 g/mol. The molecule has 1 aliphatic heterocycles. The number of thiocarbonyl (C=S) groups is 1. The Morgan fingerprint density at radius 2 is 2.06 bits per heavy atom. The zero-order valence-corrected chi connectivity index (χ0v) is 20.2. The number of nitrogens with one attached hydrogen (secondary N) is 1. The minimum absolute atomic E-state index is 0.0249. The highest BCUT2D eigenvalue weighted by Crippen LogP contribution is 2.34. The third kappa shape index (κ3) is 4.74. The van der Waals surface area contributed by atoms with Gasteiger partial charge in [-0.2, -0.15) is 5.26 Å². The summed E-state index contributed by atoms with van der Waals surface area (Å²) in [5, 5.41) is 13.4. The van der Waals surface area contributed by atoms with E-state index in [0.29, 0.717) is 50.9 Å². The van der Waals surface area contributed by atoms with Crippen LogP contribution < -0.4 is 10.9 Å². The summed E-state index contributed by atoms with van der Waals surface area (Å²) in [5.41, 5.74) is 1.51. The average molecular weight is 489 g/mol. The zero-order chi connectivity index (χ0) is 23.4. The summed E-state index contributed by atoms with van der Waals surface area (Å²) in [4.78, 5) is 27.5. The molecule has 2 aromatic rings. The molecule has 1 aromatic carbocycles. The van der Waals surface area contributed by atoms with Crippen molar-refractivity contribution in [3.63, 3.8) is 0 Å². The SMILES string of the molecule is COCCN1C(=O)/C(=C\c2c(C)c(C#N)c(=O)n(C)c2NCc2ccccc2Cl)SC1=S. The van der Waals surface area contributed by atoms with Crippen molar-refractivity contribution in [3.05, 3.63) is 66.8 Å². The van der Waals surface area contributed by atoms with Gasteiger partial charge < -0.3 is 10.1 Å². The van der Waals surface area contributed by atoms with Crippen LogP contribution in [-0.4, -0.2) is 40.0 Å². The van der Waals surface area contributed by atoms with Crippen LogP contribution >= 0.6 is 35.6 Å². The lowest BCUT2D eigenvalue weighted by Crippen LogP contribution is -2.31. The topological polar surface area (TPSA) is 87.4 Å². The highest BCUT2D eigenvalue weighted by molar-refractivity contribution is 8.26. The van der Waals surface area contributed by atoms with Gasteiger partial charge in [-0.3, -0.25) is 19.1 Å². The number of halogens is 1. The molecule has 0 radical (unpaired) electrons. The number of anilines is 1. The van der Waals surface area contributed by atoms with Crippen molar-refractivity contribution in [2.75, 3.05) is 25.6 Å². The van der Waals surface area contributed by atoms with E-state index >= 15 is 0 Å². The van der Waals surface area contributed by atoms with Crippen LogP contribution in [0.1, 0.15) is 22.3 Å². The van der Waals surface area contributed by atoms with Crippen molar-refractivity contribution < 1.29 is 9.53 Å². The molecule has 32 heavy (non-hydrogen) atoms. The first-order chi connectivity index (χ1) is 15.3. The fraction of sp³-hybridized carbons (Fsp3) is 0.273. The quantitative estimate of drug-likeness (QED) is 0.470. The number of thioether (sulfide) groups is 1. The van der Waals surface area contributed by atoms with Gasteiger partial charge in [0.2, 0.25) is 0 Å². The first kappa shape index (κ1) is 24.0. The number of ether oxygens (including phenoxy) is 1. The maximum atomic E-state index is 12.9. The normalized spacial score (nSPS) is 14.8. The molecule has 1 aromatic heterocycles. The lowest BCUT2D eigenvalue weighted by molar-refractivity contribution is -0.122. The molecule has 0 spiro atoms. The monoisotopic (exact) mass is 488 g/mol. The lowest BCUT2D eigenvalue weighted by Gasteiger charge is -2.18. The molecule has 3 rings (SSSR count). The molecule has 1 amide bonds. The molecule has 166 valence electrons. The van der Waals surface area contributed by atoms with Crippen molar-refractivity contribution >= 4 is 57.7 Å². The number of carbonyl (C=O) groups is 1. The van der Waals surface area contributed by atoms with E-state index in [1.54, 1.807) is 33.2 Å². The van der Waals surface area contributed by atoms with E-state index in [4.69, 9.17) is 28.6 Å². The van der Waals surface area contributed by atoms with Gasteiger partial charge in [0.15, 0.2) is 0 Å². The molecule has 0 saturated carbocycles. The first-order valence-electron chi connectivity index (χ1n) is 9.65. The summed E-state index contributed by atoms with van der Waals surface area (Å²) in [6.45, 7) is 2.76. The third-order valence-corrected chi connectivity index (χ3v) is 6.82. The second kappa shape index (κ2) is 10.3. The highest BCUT2D eigenvalue weighted by Gasteiger charge is 2.32. The minimum atomic E-state index is -0.420. The Morgan fingerprint density at radius 3 is 2.72 bits per heavy atom. The Bertz CT molecular complexity index is 1220. The number of rotatable bonds is 7. The number of carbonyl (C=O) groups excluding carboxylic acids is 1. The van der Waals surface area contributed by atoms with Crippen molar-refractivity contribution in [3.8, 4) is 6.07 Å². The highest BCUT2D eigenvalue weighted by atomic mass is 35.5. The van der Waals surface area contributed by atoms with E-state index in [1.165, 1.54) is 21.2 Å². The second-order valence-electron chi connectivity index (χ2n) is 7.01. The maximum absolute atomic E-state index is 12.9. The predicted molar refractivity (Wildman–Crippen MR) is 132 cm³/mol. The second-order valence-corrected chi connectivity index (χ2v) is 9.09. The Kier molecular flexibility index (Phi) is 7.74. The molecule has 0 aliphatic carbocycles. The molecule has 2 heterocycles. The van der Waals surface area contributed by atoms with E-state index in [2.05, 4.69) is 5.32 Å². The van der Waals surface area contributed by atoms with Crippen LogP contribution in [0.4, 0.5) is 5.82 Å². The molecule has 1 fully saturated rings. The largest absolute Gasteiger partial charge is 0.383 e. The van der Waals surface area contributed by atoms with Crippen LogP contribution in [0.25, 0.3) is 6.08 Å².